The lowest BCUT2D eigenvalue weighted by Gasteiger charge is -2.21. The molecule has 22 heavy (non-hydrogen) atoms. The molecular formula is C16H18FN3OS. The third-order valence-electron chi connectivity index (χ3n) is 3.67. The van der Waals surface area contributed by atoms with Gasteiger partial charge in [0.2, 0.25) is 0 Å². The van der Waals surface area contributed by atoms with E-state index in [4.69, 9.17) is 5.73 Å². The molecule has 2 N–H and O–H groups in total. The van der Waals surface area contributed by atoms with Crippen LogP contribution in [0.5, 0.6) is 0 Å². The highest BCUT2D eigenvalue weighted by molar-refractivity contribution is 7.15. The maximum Gasteiger partial charge on any atom is 0.274 e. The zero-order valence-electron chi connectivity index (χ0n) is 12.4. The molecule has 1 aromatic carbocycles. The van der Waals surface area contributed by atoms with Crippen molar-refractivity contribution in [2.45, 2.75) is 25.8 Å². The van der Waals surface area contributed by atoms with Gasteiger partial charge in [-0.15, -0.1) is 11.3 Å². The molecule has 1 aliphatic rings. The lowest BCUT2D eigenvalue weighted by molar-refractivity contribution is 0.0743. The quantitative estimate of drug-likeness (QED) is 0.922. The zero-order chi connectivity index (χ0) is 15.7. The van der Waals surface area contributed by atoms with Crippen molar-refractivity contribution in [3.8, 4) is 10.4 Å². The second-order valence-corrected chi connectivity index (χ2v) is 6.61. The van der Waals surface area contributed by atoms with Crippen LogP contribution in [0.25, 0.3) is 10.4 Å². The van der Waals surface area contributed by atoms with Crippen molar-refractivity contribution in [1.29, 1.82) is 0 Å². The number of carbonyl (C=O) groups excluding carboxylic acids is 1. The van der Waals surface area contributed by atoms with Gasteiger partial charge >= 0.3 is 0 Å². The second kappa shape index (κ2) is 6.14. The molecule has 4 nitrogen and oxygen atoms in total. The van der Waals surface area contributed by atoms with Crippen molar-refractivity contribution in [2.24, 2.45) is 5.73 Å². The first kappa shape index (κ1) is 15.1. The van der Waals surface area contributed by atoms with Crippen LogP contribution in [0.4, 0.5) is 4.39 Å². The van der Waals surface area contributed by atoms with E-state index in [2.05, 4.69) is 4.98 Å². The Morgan fingerprint density at radius 2 is 2.18 bits per heavy atom. The normalized spacial score (nSPS) is 14.1. The molecule has 1 heterocycles. The Morgan fingerprint density at radius 3 is 2.82 bits per heavy atom. The van der Waals surface area contributed by atoms with Crippen LogP contribution in [0.3, 0.4) is 0 Å². The molecule has 2 aromatic rings. The van der Waals surface area contributed by atoms with Crippen LogP contribution in [0.15, 0.2) is 24.3 Å². The summed E-state index contributed by atoms with van der Waals surface area (Å²) >= 11 is 1.35. The minimum atomic E-state index is -0.336. The lowest BCUT2D eigenvalue weighted by atomic mass is 10.1. The van der Waals surface area contributed by atoms with Crippen LogP contribution >= 0.6 is 11.3 Å². The van der Waals surface area contributed by atoms with Crippen molar-refractivity contribution >= 4 is 17.2 Å². The van der Waals surface area contributed by atoms with E-state index in [1.54, 1.807) is 23.1 Å². The van der Waals surface area contributed by atoms with Gasteiger partial charge in [0.15, 0.2) is 0 Å². The van der Waals surface area contributed by atoms with Gasteiger partial charge in [0, 0.05) is 24.7 Å². The molecule has 0 bridgehead atoms. The van der Waals surface area contributed by atoms with Gasteiger partial charge in [-0.05, 0) is 25.8 Å². The Labute approximate surface area is 132 Å². The second-order valence-electron chi connectivity index (χ2n) is 5.41. The van der Waals surface area contributed by atoms with E-state index in [9.17, 15) is 9.18 Å². The molecule has 3 rings (SSSR count). The summed E-state index contributed by atoms with van der Waals surface area (Å²) in [4.78, 5) is 19.6. The molecule has 0 spiro atoms. The molecule has 1 aromatic heterocycles. The monoisotopic (exact) mass is 319 g/mol. The average Bonchev–Trinajstić information content (AvgIpc) is 3.27. The van der Waals surface area contributed by atoms with Gasteiger partial charge in [-0.1, -0.05) is 18.2 Å². The Kier molecular flexibility index (Phi) is 4.22. The van der Waals surface area contributed by atoms with Gasteiger partial charge < -0.3 is 10.6 Å². The molecule has 0 unspecified atom stereocenters. The van der Waals surface area contributed by atoms with Gasteiger partial charge in [-0.25, -0.2) is 9.37 Å². The number of thiazole rings is 1. The standard InChI is InChI=1S/C16H18FN3OS/c1-10-19-14(16(21)20(9-8-18)11-6-7-11)15(22-10)12-4-2-3-5-13(12)17/h2-5,11H,6-9,18H2,1H3. The van der Waals surface area contributed by atoms with Crippen LogP contribution in [0, 0.1) is 12.7 Å². The molecule has 0 radical (unpaired) electrons. The number of hydrogen-bond donors (Lipinski definition) is 1. The Bertz CT molecular complexity index is 696. The molecule has 1 saturated carbocycles. The Balaban J connectivity index is 2.00. The van der Waals surface area contributed by atoms with Gasteiger partial charge in [0.25, 0.3) is 5.91 Å². The third-order valence-corrected chi connectivity index (χ3v) is 4.68. The predicted molar refractivity (Wildman–Crippen MR) is 85.4 cm³/mol. The van der Waals surface area contributed by atoms with Crippen LogP contribution in [0.1, 0.15) is 28.3 Å². The van der Waals surface area contributed by atoms with Crippen molar-refractivity contribution in [3.63, 3.8) is 0 Å². The molecule has 1 fully saturated rings. The summed E-state index contributed by atoms with van der Waals surface area (Å²) in [5.74, 6) is -0.479. The molecule has 1 aliphatic carbocycles. The van der Waals surface area contributed by atoms with E-state index in [1.165, 1.54) is 17.4 Å². The van der Waals surface area contributed by atoms with E-state index >= 15 is 0 Å². The summed E-state index contributed by atoms with van der Waals surface area (Å²) < 4.78 is 14.1. The number of rotatable bonds is 5. The van der Waals surface area contributed by atoms with E-state index in [0.717, 1.165) is 17.8 Å². The number of amides is 1. The summed E-state index contributed by atoms with van der Waals surface area (Å²) in [6, 6.07) is 6.74. The summed E-state index contributed by atoms with van der Waals surface area (Å²) in [5, 5.41) is 0.755. The number of nitrogens with zero attached hydrogens (tertiary/aromatic N) is 2. The summed E-state index contributed by atoms with van der Waals surface area (Å²) in [6.07, 6.45) is 2.01. The van der Waals surface area contributed by atoms with E-state index in [1.807, 2.05) is 6.92 Å². The van der Waals surface area contributed by atoms with Crippen LogP contribution in [0.2, 0.25) is 0 Å². The molecule has 0 atom stereocenters. The number of hydrogen-bond acceptors (Lipinski definition) is 4. The van der Waals surface area contributed by atoms with Crippen molar-refractivity contribution < 1.29 is 9.18 Å². The van der Waals surface area contributed by atoms with Crippen LogP contribution < -0.4 is 5.73 Å². The summed E-state index contributed by atoms with van der Waals surface area (Å²) in [6.45, 7) is 2.76. The van der Waals surface area contributed by atoms with Crippen LogP contribution in [-0.2, 0) is 0 Å². The minimum Gasteiger partial charge on any atom is -0.333 e. The highest BCUT2D eigenvalue weighted by Gasteiger charge is 2.35. The Morgan fingerprint density at radius 1 is 1.45 bits per heavy atom. The smallest absolute Gasteiger partial charge is 0.274 e. The van der Waals surface area contributed by atoms with Crippen molar-refractivity contribution in [1.82, 2.24) is 9.88 Å². The lowest BCUT2D eigenvalue weighted by Crippen LogP contribution is -2.37. The van der Waals surface area contributed by atoms with E-state index in [-0.39, 0.29) is 17.8 Å². The molecule has 6 heteroatoms. The topological polar surface area (TPSA) is 59.2 Å². The predicted octanol–water partition coefficient (Wildman–Crippen LogP) is 2.82. The minimum absolute atomic E-state index is 0.143. The first-order valence-corrected chi connectivity index (χ1v) is 8.17. The molecule has 1 amide bonds. The highest BCUT2D eigenvalue weighted by Crippen LogP contribution is 2.35. The van der Waals surface area contributed by atoms with Gasteiger partial charge in [0.05, 0.1) is 9.88 Å². The number of nitrogens with two attached hydrogens (primary N) is 1. The summed E-state index contributed by atoms with van der Waals surface area (Å²) in [5.41, 5.74) is 6.39. The average molecular weight is 319 g/mol. The fraction of sp³-hybridized carbons (Fsp3) is 0.375. The fourth-order valence-corrected chi connectivity index (χ4v) is 3.45. The van der Waals surface area contributed by atoms with Crippen molar-refractivity contribution in [3.05, 3.63) is 40.8 Å². The number of aromatic nitrogens is 1. The Hall–Kier alpha value is -1.79. The molecule has 0 aliphatic heterocycles. The van der Waals surface area contributed by atoms with Gasteiger partial charge in [-0.2, -0.15) is 0 Å². The van der Waals surface area contributed by atoms with E-state index in [0.29, 0.717) is 29.2 Å². The first-order valence-electron chi connectivity index (χ1n) is 7.35. The van der Waals surface area contributed by atoms with Crippen LogP contribution in [-0.4, -0.2) is 34.9 Å². The maximum atomic E-state index is 14.1. The summed E-state index contributed by atoms with van der Waals surface area (Å²) in [7, 11) is 0. The fourth-order valence-electron chi connectivity index (χ4n) is 2.51. The molecular weight excluding hydrogens is 301 g/mol. The SMILES string of the molecule is Cc1nc(C(=O)N(CCN)C2CC2)c(-c2ccccc2F)s1. The first-order chi connectivity index (χ1) is 10.6. The highest BCUT2D eigenvalue weighted by atomic mass is 32.1. The van der Waals surface area contributed by atoms with Gasteiger partial charge in [0.1, 0.15) is 11.5 Å². The number of aryl methyl sites for hydroxylation is 1. The maximum absolute atomic E-state index is 14.1. The van der Waals surface area contributed by atoms with E-state index < -0.39 is 0 Å². The zero-order valence-corrected chi connectivity index (χ0v) is 13.2. The van der Waals surface area contributed by atoms with Crippen molar-refractivity contribution in [2.75, 3.05) is 13.1 Å². The molecule has 0 saturated heterocycles. The largest absolute Gasteiger partial charge is 0.333 e. The number of carbonyl (C=O) groups is 1. The van der Waals surface area contributed by atoms with Gasteiger partial charge in [-0.3, -0.25) is 4.79 Å². The third kappa shape index (κ3) is 2.89. The molecule has 116 valence electrons. The number of halogens is 1. The number of benzene rings is 1.